The zero-order chi connectivity index (χ0) is 24.6. The van der Waals surface area contributed by atoms with E-state index in [1.165, 1.54) is 25.7 Å². The Hall–Kier alpha value is -0.758. The van der Waals surface area contributed by atoms with Crippen molar-refractivity contribution in [2.75, 3.05) is 6.26 Å². The molecule has 2 N–H and O–H groups in total. The van der Waals surface area contributed by atoms with Gasteiger partial charge in [0.05, 0.1) is 22.2 Å². The van der Waals surface area contributed by atoms with Crippen molar-refractivity contribution in [2.45, 2.75) is 83.2 Å². The average molecular weight is 585 g/mol. The maximum absolute atomic E-state index is 9.19. The first-order valence-corrected chi connectivity index (χ1v) is 14.6. The number of hydrogen-bond donors (Lipinski definition) is 1. The van der Waals surface area contributed by atoms with Crippen LogP contribution in [0.25, 0.3) is 16.9 Å². The Kier molecular flexibility index (Phi) is 13.6. The van der Waals surface area contributed by atoms with E-state index in [9.17, 15) is 8.42 Å². The van der Waals surface area contributed by atoms with Crippen molar-refractivity contribution in [3.8, 4) is 11.1 Å². The molecule has 3 rings (SSSR count). The monoisotopic (exact) mass is 584 g/mol. The van der Waals surface area contributed by atoms with Crippen molar-refractivity contribution in [2.24, 2.45) is 0 Å². The Morgan fingerprint density at radius 1 is 0.939 bits per heavy atom. The molecule has 1 aliphatic rings. The zero-order valence-corrected chi connectivity index (χ0v) is 24.4. The van der Waals surface area contributed by atoms with Gasteiger partial charge in [-0.25, -0.2) is 0 Å². The Balaban J connectivity index is 0.000000506. The fourth-order valence-corrected chi connectivity index (χ4v) is 10.5. The summed E-state index contributed by atoms with van der Waals surface area (Å²) in [7, 11) is -3.92. The molecule has 1 saturated carbocycles. The zero-order valence-electron chi connectivity index (χ0n) is 21.0. The van der Waals surface area contributed by atoms with E-state index in [1.807, 2.05) is 42.5 Å². The second-order valence-electron chi connectivity index (χ2n) is 10.4. The molecular weight excluding hydrogens is 544 g/mol. The largest absolute Gasteiger partial charge is 2.00 e. The molecule has 2 aromatic rings. The molecule has 0 aromatic heterocycles. The SMILES string of the molecule is CC(C)(C)[PH+](C1CCCC1)C(C)(C)C.CS(=O)(=O)O.[NH-]c1ccccc1-c1[c-]cccc1.[Pd+2]. The summed E-state index contributed by atoms with van der Waals surface area (Å²) in [5.41, 5.74) is 11.2. The smallest absolute Gasteiger partial charge is 0.706 e. The third-order valence-corrected chi connectivity index (χ3v) is 9.93. The predicted molar refractivity (Wildman–Crippen MR) is 142 cm³/mol. The van der Waals surface area contributed by atoms with E-state index in [0.29, 0.717) is 22.3 Å². The normalized spacial score (nSPS) is 14.5. The summed E-state index contributed by atoms with van der Waals surface area (Å²) < 4.78 is 25.9. The van der Waals surface area contributed by atoms with Gasteiger partial charge in [-0.15, -0.1) is 41.5 Å². The minimum atomic E-state index is -3.67. The standard InChI is InChI=1S/C13H27P.C12H9N.CH4O3S.Pd/c1-12(2,3)14(13(4,5)6)11-9-7-8-10-11;13-12-9-5-4-8-11(12)10-6-2-1-3-7-10;1-5(2,3)4;/h11H,7-10H2,1-6H3;1-6,8-9,13H;1H3,(H,2,3,4);/q;-2;;+2/p+1. The van der Waals surface area contributed by atoms with Crippen molar-refractivity contribution >= 4 is 23.7 Å². The van der Waals surface area contributed by atoms with Gasteiger partial charge < -0.3 is 5.73 Å². The average Bonchev–Trinajstić information content (AvgIpc) is 3.13. The molecule has 0 radical (unpaired) electrons. The van der Waals surface area contributed by atoms with Gasteiger partial charge in [0.15, 0.2) is 0 Å². The molecule has 0 saturated heterocycles. The molecular formula is C26H41NO3PPdS+. The minimum Gasteiger partial charge on any atom is -0.706 e. The maximum Gasteiger partial charge on any atom is 2.00 e. The third kappa shape index (κ3) is 13.1. The fraction of sp³-hybridized carbons (Fsp3) is 0.538. The van der Waals surface area contributed by atoms with E-state index in [1.54, 1.807) is 6.07 Å². The molecule has 0 unspecified atom stereocenters. The Labute approximate surface area is 217 Å². The number of benzene rings is 2. The quantitative estimate of drug-likeness (QED) is 0.168. The molecule has 4 nitrogen and oxygen atoms in total. The van der Waals surface area contributed by atoms with Gasteiger partial charge >= 0.3 is 20.4 Å². The van der Waals surface area contributed by atoms with Crippen LogP contribution in [0.15, 0.2) is 48.5 Å². The van der Waals surface area contributed by atoms with Crippen LogP contribution in [0, 0.1) is 6.07 Å². The Morgan fingerprint density at radius 2 is 1.39 bits per heavy atom. The first-order valence-electron chi connectivity index (χ1n) is 11.2. The molecule has 0 bridgehead atoms. The summed E-state index contributed by atoms with van der Waals surface area (Å²) in [4.78, 5) is 0. The van der Waals surface area contributed by atoms with Gasteiger partial charge in [0, 0.05) is 7.92 Å². The number of hydrogen-bond acceptors (Lipinski definition) is 2. The van der Waals surface area contributed by atoms with Gasteiger partial charge in [-0.05, 0) is 67.2 Å². The van der Waals surface area contributed by atoms with Crippen LogP contribution in [-0.4, -0.2) is 35.2 Å². The van der Waals surface area contributed by atoms with Crippen molar-refractivity contribution in [1.82, 2.24) is 0 Å². The molecule has 0 spiro atoms. The van der Waals surface area contributed by atoms with Crippen LogP contribution in [0.4, 0.5) is 5.69 Å². The predicted octanol–water partition coefficient (Wildman–Crippen LogP) is 8.08. The summed E-state index contributed by atoms with van der Waals surface area (Å²) in [5.74, 6) is 0. The fourth-order valence-electron chi connectivity index (χ4n) is 4.84. The van der Waals surface area contributed by atoms with Gasteiger partial charge in [0.25, 0.3) is 10.1 Å². The summed E-state index contributed by atoms with van der Waals surface area (Å²) >= 11 is 0. The van der Waals surface area contributed by atoms with E-state index in [-0.39, 0.29) is 28.3 Å². The van der Waals surface area contributed by atoms with Crippen molar-refractivity contribution < 1.29 is 33.4 Å². The molecule has 0 heterocycles. The maximum atomic E-state index is 9.19. The molecule has 0 aliphatic heterocycles. The summed E-state index contributed by atoms with van der Waals surface area (Å²) in [6, 6.07) is 18.4. The van der Waals surface area contributed by atoms with Crippen LogP contribution < -0.4 is 0 Å². The summed E-state index contributed by atoms with van der Waals surface area (Å²) in [5, 5.41) is 1.13. The molecule has 33 heavy (non-hydrogen) atoms. The van der Waals surface area contributed by atoms with Crippen molar-refractivity contribution in [1.29, 1.82) is 0 Å². The topological polar surface area (TPSA) is 78.2 Å². The third-order valence-electron chi connectivity index (χ3n) is 5.31. The molecule has 1 fully saturated rings. The Bertz CT molecular complexity index is 895. The van der Waals surface area contributed by atoms with Crippen LogP contribution in [0.3, 0.4) is 0 Å². The van der Waals surface area contributed by atoms with Gasteiger partial charge in [0.2, 0.25) is 0 Å². The first kappa shape index (κ1) is 32.2. The molecule has 2 aromatic carbocycles. The molecule has 0 atom stereocenters. The summed E-state index contributed by atoms with van der Waals surface area (Å²) in [6.07, 6.45) is 6.73. The Morgan fingerprint density at radius 3 is 1.79 bits per heavy atom. The van der Waals surface area contributed by atoms with Crippen LogP contribution >= 0.6 is 7.92 Å². The number of rotatable bonds is 2. The number of nitrogens with one attached hydrogen (secondary N) is 1. The van der Waals surface area contributed by atoms with Crippen LogP contribution in [0.1, 0.15) is 67.2 Å². The van der Waals surface area contributed by atoms with E-state index in [0.717, 1.165) is 16.8 Å². The van der Waals surface area contributed by atoms with Gasteiger partial charge in [-0.3, -0.25) is 4.55 Å². The van der Waals surface area contributed by atoms with Crippen molar-refractivity contribution in [3.05, 3.63) is 60.3 Å². The van der Waals surface area contributed by atoms with E-state index < -0.39 is 10.1 Å². The van der Waals surface area contributed by atoms with E-state index in [4.69, 9.17) is 10.3 Å². The van der Waals surface area contributed by atoms with Gasteiger partial charge in [0.1, 0.15) is 0 Å². The van der Waals surface area contributed by atoms with E-state index in [2.05, 4.69) is 47.6 Å². The summed E-state index contributed by atoms with van der Waals surface area (Å²) in [6.45, 7) is 14.8. The van der Waals surface area contributed by atoms with Crippen LogP contribution in [-0.2, 0) is 30.5 Å². The second-order valence-corrected chi connectivity index (χ2v) is 16.6. The van der Waals surface area contributed by atoms with Gasteiger partial charge in [-0.1, -0.05) is 24.3 Å². The molecule has 7 heteroatoms. The second kappa shape index (κ2) is 14.0. The minimum absolute atomic E-state index is 0. The van der Waals surface area contributed by atoms with Gasteiger partial charge in [-0.2, -0.15) is 14.1 Å². The van der Waals surface area contributed by atoms with Crippen LogP contribution in [0.5, 0.6) is 0 Å². The van der Waals surface area contributed by atoms with E-state index >= 15 is 0 Å². The van der Waals surface area contributed by atoms with Crippen molar-refractivity contribution in [3.63, 3.8) is 0 Å². The van der Waals surface area contributed by atoms with Crippen LogP contribution in [0.2, 0.25) is 0 Å². The molecule has 1 aliphatic carbocycles. The first-order chi connectivity index (χ1) is 14.6. The molecule has 188 valence electrons. The molecule has 0 amide bonds.